The molecule has 0 fully saturated rings. The van der Waals surface area contributed by atoms with Crippen LogP contribution >= 0.6 is 0 Å². The van der Waals surface area contributed by atoms with E-state index in [2.05, 4.69) is 9.97 Å². The zero-order valence-corrected chi connectivity index (χ0v) is 16.1. The highest BCUT2D eigenvalue weighted by Crippen LogP contribution is 2.33. The zero-order valence-electron chi connectivity index (χ0n) is 16.1. The number of hydrogen-bond donors (Lipinski definition) is 0. The van der Waals surface area contributed by atoms with Crippen molar-refractivity contribution in [2.75, 3.05) is 11.9 Å². The minimum absolute atomic E-state index is 0.0445. The first-order valence-corrected chi connectivity index (χ1v) is 8.84. The summed E-state index contributed by atoms with van der Waals surface area (Å²) in [7, 11) is 7.60. The molecule has 0 spiro atoms. The largest absolute Gasteiger partial charge is 0.311 e. The molecule has 1 amide bonds. The summed E-state index contributed by atoms with van der Waals surface area (Å²) in [5, 5.41) is 0. The summed E-state index contributed by atoms with van der Waals surface area (Å²) >= 11 is 0. The van der Waals surface area contributed by atoms with Crippen LogP contribution in [-0.2, 0) is 10.2 Å². The molecule has 1 heterocycles. The van der Waals surface area contributed by atoms with Gasteiger partial charge in [-0.1, -0.05) is 54.6 Å². The summed E-state index contributed by atoms with van der Waals surface area (Å²) < 4.78 is 0. The smallest absolute Gasteiger partial charge is 0.236 e. The van der Waals surface area contributed by atoms with Crippen molar-refractivity contribution in [3.63, 3.8) is 0 Å². The van der Waals surface area contributed by atoms with E-state index in [0.717, 1.165) is 16.7 Å². The molecular formula is C22H22BN3O. The molecule has 0 aliphatic heterocycles. The third-order valence-corrected chi connectivity index (χ3v) is 4.88. The fraction of sp³-hybridized carbons (Fsp3) is 0.227. The summed E-state index contributed by atoms with van der Waals surface area (Å²) in [6, 6.07) is 17.6. The average Bonchev–Trinajstić information content (AvgIpc) is 2.68. The van der Waals surface area contributed by atoms with Crippen molar-refractivity contribution in [2.24, 2.45) is 0 Å². The van der Waals surface area contributed by atoms with Crippen LogP contribution in [-0.4, -0.2) is 30.8 Å². The van der Waals surface area contributed by atoms with Gasteiger partial charge < -0.3 is 4.90 Å². The lowest BCUT2D eigenvalue weighted by atomic mass is 9.83. The molecule has 0 bridgehead atoms. The van der Waals surface area contributed by atoms with Gasteiger partial charge in [0.05, 0.1) is 28.7 Å². The average molecular weight is 355 g/mol. The Kier molecular flexibility index (Phi) is 5.13. The minimum Gasteiger partial charge on any atom is -0.311 e. The van der Waals surface area contributed by atoms with Gasteiger partial charge in [0, 0.05) is 12.6 Å². The Morgan fingerprint density at radius 2 is 1.67 bits per heavy atom. The molecule has 0 saturated heterocycles. The van der Waals surface area contributed by atoms with Crippen molar-refractivity contribution in [3.8, 4) is 11.3 Å². The summed E-state index contributed by atoms with van der Waals surface area (Å²) in [5.74, 6) is -0.0445. The fourth-order valence-corrected chi connectivity index (χ4v) is 3.18. The van der Waals surface area contributed by atoms with E-state index >= 15 is 0 Å². The molecule has 0 N–H and O–H groups in total. The Balaban J connectivity index is 2.06. The minimum atomic E-state index is -0.694. The van der Waals surface area contributed by atoms with Crippen LogP contribution in [0, 0.1) is 6.92 Å². The third-order valence-electron chi connectivity index (χ3n) is 4.88. The van der Waals surface area contributed by atoms with Crippen LogP contribution in [0.5, 0.6) is 0 Å². The summed E-state index contributed by atoms with van der Waals surface area (Å²) in [6.07, 6.45) is 1.61. The van der Waals surface area contributed by atoms with Gasteiger partial charge in [0.1, 0.15) is 0 Å². The summed E-state index contributed by atoms with van der Waals surface area (Å²) in [4.78, 5) is 23.5. The normalized spacial score (nSPS) is 11.3. The molecule has 0 aliphatic carbocycles. The molecule has 0 atom stereocenters. The van der Waals surface area contributed by atoms with Gasteiger partial charge in [0.25, 0.3) is 0 Å². The molecule has 5 heteroatoms. The van der Waals surface area contributed by atoms with Gasteiger partial charge in [-0.15, -0.1) is 0 Å². The van der Waals surface area contributed by atoms with E-state index in [0.29, 0.717) is 11.4 Å². The predicted molar refractivity (Wildman–Crippen MR) is 110 cm³/mol. The van der Waals surface area contributed by atoms with Gasteiger partial charge in [0.15, 0.2) is 7.85 Å². The van der Waals surface area contributed by atoms with E-state index in [1.54, 1.807) is 18.1 Å². The lowest BCUT2D eigenvalue weighted by molar-refractivity contribution is -0.122. The number of amides is 1. The summed E-state index contributed by atoms with van der Waals surface area (Å²) in [5.41, 5.74) is 3.71. The third kappa shape index (κ3) is 3.63. The molecule has 3 aromatic rings. The second-order valence-corrected chi connectivity index (χ2v) is 7.13. The van der Waals surface area contributed by atoms with Crippen molar-refractivity contribution >= 4 is 25.2 Å². The van der Waals surface area contributed by atoms with Gasteiger partial charge in [0.2, 0.25) is 5.91 Å². The number of benzene rings is 2. The quantitative estimate of drug-likeness (QED) is 0.676. The maximum atomic E-state index is 13.4. The highest BCUT2D eigenvalue weighted by atomic mass is 16.2. The van der Waals surface area contributed by atoms with Crippen LogP contribution in [0.4, 0.5) is 5.69 Å². The van der Waals surface area contributed by atoms with Gasteiger partial charge in [-0.05, 0) is 31.9 Å². The predicted octanol–water partition coefficient (Wildman–Crippen LogP) is 3.19. The molecule has 2 radical (unpaired) electrons. The highest BCUT2D eigenvalue weighted by Gasteiger charge is 2.34. The van der Waals surface area contributed by atoms with Crippen molar-refractivity contribution < 1.29 is 4.79 Å². The molecule has 0 aliphatic rings. The maximum Gasteiger partial charge on any atom is 0.236 e. The van der Waals surface area contributed by atoms with Crippen LogP contribution < -0.4 is 10.6 Å². The number of aromatic nitrogens is 2. The van der Waals surface area contributed by atoms with Crippen molar-refractivity contribution in [1.29, 1.82) is 0 Å². The number of carbonyl (C=O) groups is 1. The molecule has 1 aromatic heterocycles. The first kappa shape index (κ1) is 18.8. The molecule has 0 unspecified atom stereocenters. The van der Waals surface area contributed by atoms with Gasteiger partial charge in [-0.3, -0.25) is 9.78 Å². The van der Waals surface area contributed by atoms with E-state index in [1.165, 1.54) is 0 Å². The second kappa shape index (κ2) is 7.35. The Hall–Kier alpha value is -2.95. The standard InChI is InChI=1S/C22H22BN3O/c1-15-10-8-9-13-17(15)19-18(14-24-21(23)25-19)26(4)20(27)22(2,3)16-11-6-5-7-12-16/h5-14H,1-4H3. The van der Waals surface area contributed by atoms with Gasteiger partial charge in [-0.2, -0.15) is 0 Å². The van der Waals surface area contributed by atoms with E-state index in [4.69, 9.17) is 7.85 Å². The highest BCUT2D eigenvalue weighted by molar-refractivity contribution is 6.29. The Labute approximate surface area is 161 Å². The number of anilines is 1. The zero-order chi connectivity index (χ0) is 19.6. The molecule has 134 valence electrons. The van der Waals surface area contributed by atoms with Crippen molar-refractivity contribution in [3.05, 3.63) is 71.9 Å². The first-order chi connectivity index (χ1) is 12.8. The fourth-order valence-electron chi connectivity index (χ4n) is 3.18. The molecule has 27 heavy (non-hydrogen) atoms. The van der Waals surface area contributed by atoms with E-state index < -0.39 is 5.41 Å². The maximum absolute atomic E-state index is 13.4. The van der Waals surface area contributed by atoms with E-state index in [1.807, 2.05) is 75.4 Å². The van der Waals surface area contributed by atoms with Gasteiger partial charge >= 0.3 is 0 Å². The Bertz CT molecular complexity index is 970. The van der Waals surface area contributed by atoms with Crippen LogP contribution in [0.15, 0.2) is 60.8 Å². The van der Waals surface area contributed by atoms with Crippen LogP contribution in [0.1, 0.15) is 25.0 Å². The number of rotatable bonds is 4. The Morgan fingerprint density at radius 1 is 1.04 bits per heavy atom. The number of likely N-dealkylation sites (N-methyl/N-ethyl adjacent to an activating group) is 1. The number of aryl methyl sites for hydroxylation is 1. The molecule has 2 aromatic carbocycles. The second-order valence-electron chi connectivity index (χ2n) is 7.13. The van der Waals surface area contributed by atoms with Crippen molar-refractivity contribution in [2.45, 2.75) is 26.2 Å². The molecular weight excluding hydrogens is 333 g/mol. The first-order valence-electron chi connectivity index (χ1n) is 8.84. The van der Waals surface area contributed by atoms with Crippen molar-refractivity contribution in [1.82, 2.24) is 9.97 Å². The monoisotopic (exact) mass is 355 g/mol. The van der Waals surface area contributed by atoms with Crippen LogP contribution in [0.3, 0.4) is 0 Å². The topological polar surface area (TPSA) is 46.1 Å². The number of hydrogen-bond acceptors (Lipinski definition) is 3. The molecule has 0 saturated carbocycles. The van der Waals surface area contributed by atoms with Gasteiger partial charge in [-0.25, -0.2) is 4.98 Å². The number of carbonyl (C=O) groups excluding carboxylic acids is 1. The molecule has 4 nitrogen and oxygen atoms in total. The van der Waals surface area contributed by atoms with E-state index in [-0.39, 0.29) is 11.6 Å². The SMILES string of the molecule is [B]c1ncc(N(C)C(=O)C(C)(C)c2ccccc2)c(-c2ccccc2C)n1. The lowest BCUT2D eigenvalue weighted by Crippen LogP contribution is -2.42. The van der Waals surface area contributed by atoms with E-state index in [9.17, 15) is 4.79 Å². The Morgan fingerprint density at radius 3 is 2.33 bits per heavy atom. The van der Waals surface area contributed by atoms with Crippen LogP contribution in [0.25, 0.3) is 11.3 Å². The lowest BCUT2D eigenvalue weighted by Gasteiger charge is -2.30. The van der Waals surface area contributed by atoms with Crippen LogP contribution in [0.2, 0.25) is 0 Å². The summed E-state index contributed by atoms with van der Waals surface area (Å²) in [6.45, 7) is 5.85. The number of nitrogens with zero attached hydrogens (tertiary/aromatic N) is 3. The molecule has 3 rings (SSSR count).